The number of rotatable bonds is 3. The number of hydrogen-bond donors (Lipinski definition) is 0. The molecule has 0 heterocycles. The minimum atomic E-state index is 0.181. The van der Waals surface area contributed by atoms with E-state index in [4.69, 9.17) is 0 Å². The van der Waals surface area contributed by atoms with Crippen LogP contribution < -0.4 is 4.90 Å². The Morgan fingerprint density at radius 1 is 0.750 bits per heavy atom. The quantitative estimate of drug-likeness (QED) is 0.520. The minimum absolute atomic E-state index is 0.181. The third-order valence-corrected chi connectivity index (χ3v) is 4.55. The van der Waals surface area contributed by atoms with Crippen LogP contribution in [0, 0.1) is 0 Å². The van der Waals surface area contributed by atoms with E-state index in [1.54, 1.807) is 0 Å². The lowest BCUT2D eigenvalue weighted by Gasteiger charge is -2.31. The molecule has 24 heavy (non-hydrogen) atoms. The second-order valence-corrected chi connectivity index (χ2v) is 7.76. The van der Waals surface area contributed by atoms with Crippen LogP contribution in [0.15, 0.2) is 66.7 Å². The molecule has 3 aromatic rings. The predicted molar refractivity (Wildman–Crippen MR) is 106 cm³/mol. The lowest BCUT2D eigenvalue weighted by atomic mass is 9.87. The summed E-state index contributed by atoms with van der Waals surface area (Å²) < 4.78 is 0. The van der Waals surface area contributed by atoms with E-state index in [9.17, 15) is 0 Å². The Kier molecular flexibility index (Phi) is 4.36. The summed E-state index contributed by atoms with van der Waals surface area (Å²) in [4.78, 5) is 2.43. The molecule has 0 unspecified atom stereocenters. The molecular formula is C23H27N. The van der Waals surface area contributed by atoms with Crippen molar-refractivity contribution in [3.63, 3.8) is 0 Å². The monoisotopic (exact) mass is 317 g/mol. The summed E-state index contributed by atoms with van der Waals surface area (Å²) in [6.45, 7) is 11.3. The molecule has 0 spiro atoms. The first-order valence-electron chi connectivity index (χ1n) is 8.75. The topological polar surface area (TPSA) is 3.24 Å². The van der Waals surface area contributed by atoms with Crippen molar-refractivity contribution < 1.29 is 0 Å². The normalized spacial score (nSPS) is 11.9. The molecule has 0 bridgehead atoms. The summed E-state index contributed by atoms with van der Waals surface area (Å²) in [5, 5.41) is 2.58. The van der Waals surface area contributed by atoms with Crippen LogP contribution in [0.4, 0.5) is 11.4 Å². The van der Waals surface area contributed by atoms with Crippen molar-refractivity contribution in [2.45, 2.75) is 46.1 Å². The highest BCUT2D eigenvalue weighted by molar-refractivity contribution is 5.96. The SMILES string of the molecule is CC(C)N(c1ccc(C(C)(C)C)cc1)c1cccc2ccccc12. The zero-order valence-corrected chi connectivity index (χ0v) is 15.4. The number of hydrogen-bond acceptors (Lipinski definition) is 1. The van der Waals surface area contributed by atoms with Crippen LogP contribution in [0.1, 0.15) is 40.2 Å². The average Bonchev–Trinajstić information content (AvgIpc) is 2.55. The van der Waals surface area contributed by atoms with E-state index in [0.717, 1.165) is 0 Å². The highest BCUT2D eigenvalue weighted by Gasteiger charge is 2.18. The van der Waals surface area contributed by atoms with Crippen molar-refractivity contribution in [1.29, 1.82) is 0 Å². The van der Waals surface area contributed by atoms with Gasteiger partial charge in [-0.15, -0.1) is 0 Å². The van der Waals surface area contributed by atoms with Crippen molar-refractivity contribution in [1.82, 2.24) is 0 Å². The van der Waals surface area contributed by atoms with Gasteiger partial charge in [0.2, 0.25) is 0 Å². The highest BCUT2D eigenvalue weighted by atomic mass is 15.2. The largest absolute Gasteiger partial charge is 0.338 e. The van der Waals surface area contributed by atoms with Gasteiger partial charge in [0, 0.05) is 22.8 Å². The molecule has 3 aromatic carbocycles. The van der Waals surface area contributed by atoms with Crippen LogP contribution in [-0.4, -0.2) is 6.04 Å². The lowest BCUT2D eigenvalue weighted by molar-refractivity contribution is 0.590. The summed E-state index contributed by atoms with van der Waals surface area (Å²) in [6, 6.07) is 24.6. The number of fused-ring (bicyclic) bond motifs is 1. The van der Waals surface area contributed by atoms with E-state index in [1.807, 2.05) is 0 Å². The zero-order chi connectivity index (χ0) is 17.3. The van der Waals surface area contributed by atoms with Crippen LogP contribution in [0.25, 0.3) is 10.8 Å². The first-order chi connectivity index (χ1) is 11.4. The van der Waals surface area contributed by atoms with Gasteiger partial charge in [0.15, 0.2) is 0 Å². The fourth-order valence-electron chi connectivity index (χ4n) is 3.26. The maximum atomic E-state index is 2.43. The molecule has 0 aliphatic heterocycles. The molecule has 0 N–H and O–H groups in total. The summed E-state index contributed by atoms with van der Waals surface area (Å²) >= 11 is 0. The molecule has 0 radical (unpaired) electrons. The molecule has 0 saturated carbocycles. The third kappa shape index (κ3) is 3.17. The van der Waals surface area contributed by atoms with Crippen LogP contribution in [-0.2, 0) is 5.41 Å². The van der Waals surface area contributed by atoms with Crippen LogP contribution >= 0.6 is 0 Å². The van der Waals surface area contributed by atoms with Gasteiger partial charge < -0.3 is 4.90 Å². The van der Waals surface area contributed by atoms with Gasteiger partial charge >= 0.3 is 0 Å². The average molecular weight is 317 g/mol. The zero-order valence-electron chi connectivity index (χ0n) is 15.4. The Balaban J connectivity index is 2.10. The van der Waals surface area contributed by atoms with Crippen molar-refractivity contribution in [2.24, 2.45) is 0 Å². The van der Waals surface area contributed by atoms with Gasteiger partial charge in [-0.3, -0.25) is 0 Å². The first-order valence-corrected chi connectivity index (χ1v) is 8.75. The smallest absolute Gasteiger partial charge is 0.0492 e. The van der Waals surface area contributed by atoms with Crippen LogP contribution in [0.5, 0.6) is 0 Å². The number of benzene rings is 3. The molecule has 0 saturated heterocycles. The maximum absolute atomic E-state index is 2.43. The molecule has 1 heteroatoms. The maximum Gasteiger partial charge on any atom is 0.0492 e. The standard InChI is InChI=1S/C23H27N/c1-17(2)24(20-15-13-19(14-16-20)23(3,4)5)22-12-8-10-18-9-6-7-11-21(18)22/h6-17H,1-5H3. The van der Waals surface area contributed by atoms with E-state index >= 15 is 0 Å². The third-order valence-electron chi connectivity index (χ3n) is 4.55. The van der Waals surface area contributed by atoms with Gasteiger partial charge in [-0.2, -0.15) is 0 Å². The second kappa shape index (κ2) is 6.32. The van der Waals surface area contributed by atoms with E-state index in [-0.39, 0.29) is 5.41 Å². The summed E-state index contributed by atoms with van der Waals surface area (Å²) in [5.41, 5.74) is 4.06. The van der Waals surface area contributed by atoms with Gasteiger partial charge in [0.05, 0.1) is 0 Å². The van der Waals surface area contributed by atoms with E-state index in [1.165, 1.54) is 27.7 Å². The predicted octanol–water partition coefficient (Wildman–Crippen LogP) is 6.68. The Morgan fingerprint density at radius 2 is 1.38 bits per heavy atom. The Morgan fingerprint density at radius 3 is 2.00 bits per heavy atom. The summed E-state index contributed by atoms with van der Waals surface area (Å²) in [7, 11) is 0. The van der Waals surface area contributed by atoms with Crippen LogP contribution in [0.3, 0.4) is 0 Å². The highest BCUT2D eigenvalue weighted by Crippen LogP contribution is 2.35. The van der Waals surface area contributed by atoms with Gasteiger partial charge in [0.1, 0.15) is 0 Å². The van der Waals surface area contributed by atoms with E-state index in [0.29, 0.717) is 6.04 Å². The fourth-order valence-corrected chi connectivity index (χ4v) is 3.26. The van der Waals surface area contributed by atoms with Gasteiger partial charge in [-0.1, -0.05) is 69.3 Å². The summed E-state index contributed by atoms with van der Waals surface area (Å²) in [5.74, 6) is 0. The molecule has 0 atom stereocenters. The van der Waals surface area contributed by atoms with E-state index in [2.05, 4.69) is 106 Å². The Hall–Kier alpha value is -2.28. The van der Waals surface area contributed by atoms with Crippen LogP contribution in [0.2, 0.25) is 0 Å². The number of nitrogens with zero attached hydrogens (tertiary/aromatic N) is 1. The van der Waals surface area contributed by atoms with Crippen molar-refractivity contribution in [3.05, 3.63) is 72.3 Å². The van der Waals surface area contributed by atoms with Crippen molar-refractivity contribution >= 4 is 22.1 Å². The molecule has 0 amide bonds. The van der Waals surface area contributed by atoms with Gasteiger partial charge in [-0.05, 0) is 48.4 Å². The molecule has 0 aromatic heterocycles. The lowest BCUT2D eigenvalue weighted by Crippen LogP contribution is -2.25. The molecule has 0 aliphatic rings. The fraction of sp³-hybridized carbons (Fsp3) is 0.304. The Labute approximate surface area is 145 Å². The first kappa shape index (κ1) is 16.6. The van der Waals surface area contributed by atoms with Gasteiger partial charge in [-0.25, -0.2) is 0 Å². The Bertz CT molecular complexity index is 817. The molecular weight excluding hydrogens is 290 g/mol. The molecule has 124 valence electrons. The number of anilines is 2. The van der Waals surface area contributed by atoms with Crippen molar-refractivity contribution in [2.75, 3.05) is 4.90 Å². The second-order valence-electron chi connectivity index (χ2n) is 7.76. The summed E-state index contributed by atoms with van der Waals surface area (Å²) in [6.07, 6.45) is 0. The van der Waals surface area contributed by atoms with Crippen molar-refractivity contribution in [3.8, 4) is 0 Å². The molecule has 1 nitrogen and oxygen atoms in total. The van der Waals surface area contributed by atoms with E-state index < -0.39 is 0 Å². The minimum Gasteiger partial charge on any atom is -0.338 e. The van der Waals surface area contributed by atoms with Gasteiger partial charge in [0.25, 0.3) is 0 Å². The molecule has 0 aliphatic carbocycles. The molecule has 0 fully saturated rings. The molecule has 3 rings (SSSR count).